The van der Waals surface area contributed by atoms with E-state index in [1.165, 1.54) is 11.3 Å². The highest BCUT2D eigenvalue weighted by Gasteiger charge is 2.10. The van der Waals surface area contributed by atoms with Gasteiger partial charge in [0.15, 0.2) is 0 Å². The number of primary amides is 1. The molecule has 3 N–H and O–H groups in total. The molecule has 0 spiro atoms. The number of nitrogens with one attached hydrogen (secondary N) is 1. The van der Waals surface area contributed by atoms with Gasteiger partial charge in [-0.05, 0) is 27.4 Å². The second-order valence-electron chi connectivity index (χ2n) is 2.52. The van der Waals surface area contributed by atoms with Gasteiger partial charge in [0.05, 0.1) is 6.54 Å². The van der Waals surface area contributed by atoms with Crippen molar-refractivity contribution in [3.05, 3.63) is 20.8 Å². The van der Waals surface area contributed by atoms with Gasteiger partial charge in [0.2, 0.25) is 0 Å². The third-order valence-electron chi connectivity index (χ3n) is 1.46. The first-order chi connectivity index (χ1) is 7.11. The first kappa shape index (κ1) is 12.0. The van der Waals surface area contributed by atoms with Crippen LogP contribution in [0.3, 0.4) is 0 Å². The van der Waals surface area contributed by atoms with Crippen LogP contribution in [0.1, 0.15) is 9.67 Å². The summed E-state index contributed by atoms with van der Waals surface area (Å²) < 4.78 is 5.21. The van der Waals surface area contributed by atoms with Crippen LogP contribution in [0, 0.1) is 0 Å². The lowest BCUT2D eigenvalue weighted by molar-refractivity contribution is 0.0940. The summed E-state index contributed by atoms with van der Waals surface area (Å²) in [7, 11) is 0. The van der Waals surface area contributed by atoms with E-state index in [4.69, 9.17) is 5.73 Å². The molecule has 7 heteroatoms. The number of carbonyl (C=O) groups excluding carboxylic acids is 2. The minimum Gasteiger partial charge on any atom is -0.448 e. The van der Waals surface area contributed by atoms with Crippen molar-refractivity contribution in [3.63, 3.8) is 0 Å². The second-order valence-corrected chi connectivity index (χ2v) is 4.29. The number of thiophene rings is 1. The molecule has 1 aromatic rings. The molecule has 0 aliphatic carbocycles. The molecule has 0 aliphatic heterocycles. The number of carbonyl (C=O) groups is 2. The van der Waals surface area contributed by atoms with E-state index in [0.29, 0.717) is 4.88 Å². The molecule has 0 fully saturated rings. The van der Waals surface area contributed by atoms with Crippen molar-refractivity contribution >= 4 is 39.3 Å². The highest BCUT2D eigenvalue weighted by atomic mass is 79.9. The average Bonchev–Trinajstić information content (AvgIpc) is 2.58. The summed E-state index contributed by atoms with van der Waals surface area (Å²) in [5, 5.41) is 4.39. The maximum absolute atomic E-state index is 11.5. The summed E-state index contributed by atoms with van der Waals surface area (Å²) >= 11 is 4.57. The first-order valence-electron chi connectivity index (χ1n) is 4.04. The standard InChI is InChI=1S/C8H9BrN2O3S/c9-5-1-4-15-6(5)7(12)11-2-3-14-8(10)13/h1,4H,2-3H2,(H2,10,13)(H,11,12). The number of halogens is 1. The Hall–Kier alpha value is -1.08. The molecule has 82 valence electrons. The van der Waals surface area contributed by atoms with Gasteiger partial charge in [-0.1, -0.05) is 0 Å². The zero-order valence-corrected chi connectivity index (χ0v) is 10.1. The lowest BCUT2D eigenvalue weighted by Crippen LogP contribution is -2.28. The molecule has 0 aliphatic rings. The molecule has 0 atom stereocenters. The number of amides is 2. The van der Waals surface area contributed by atoms with Crippen molar-refractivity contribution < 1.29 is 14.3 Å². The fraction of sp³-hybridized carbons (Fsp3) is 0.250. The van der Waals surface area contributed by atoms with Crippen LogP contribution in [0.25, 0.3) is 0 Å². The van der Waals surface area contributed by atoms with Gasteiger partial charge in [-0.3, -0.25) is 4.79 Å². The Bertz CT molecular complexity index is 367. The molecule has 0 saturated carbocycles. The lowest BCUT2D eigenvalue weighted by atomic mass is 10.4. The quantitative estimate of drug-likeness (QED) is 0.822. The van der Waals surface area contributed by atoms with Gasteiger partial charge in [0.1, 0.15) is 11.5 Å². The molecule has 0 radical (unpaired) electrons. The number of hydrogen-bond acceptors (Lipinski definition) is 4. The predicted octanol–water partition coefficient (Wildman–Crippen LogP) is 1.34. The zero-order chi connectivity index (χ0) is 11.3. The van der Waals surface area contributed by atoms with Gasteiger partial charge in [0, 0.05) is 4.47 Å². The Morgan fingerprint density at radius 2 is 2.33 bits per heavy atom. The van der Waals surface area contributed by atoms with Crippen LogP contribution in [0.15, 0.2) is 15.9 Å². The van der Waals surface area contributed by atoms with E-state index in [-0.39, 0.29) is 19.1 Å². The summed E-state index contributed by atoms with van der Waals surface area (Å²) in [6.07, 6.45) is -0.846. The Kier molecular flexibility index (Phi) is 4.57. The SMILES string of the molecule is NC(=O)OCCNC(=O)c1sccc1Br. The minimum absolute atomic E-state index is 0.0735. The fourth-order valence-corrected chi connectivity index (χ4v) is 2.32. The normalized spacial score (nSPS) is 9.67. The van der Waals surface area contributed by atoms with Crippen LogP contribution < -0.4 is 11.1 Å². The molecule has 1 rings (SSSR count). The van der Waals surface area contributed by atoms with E-state index in [0.717, 1.165) is 4.47 Å². The summed E-state index contributed by atoms with van der Waals surface area (Å²) in [4.78, 5) is 22.3. The van der Waals surface area contributed by atoms with Crippen LogP contribution in [0.5, 0.6) is 0 Å². The lowest BCUT2D eigenvalue weighted by Gasteiger charge is -2.03. The molecule has 5 nitrogen and oxygen atoms in total. The van der Waals surface area contributed by atoms with Crippen LogP contribution in [-0.4, -0.2) is 25.2 Å². The molecule has 0 aromatic carbocycles. The highest BCUT2D eigenvalue weighted by molar-refractivity contribution is 9.10. The molecule has 2 amide bonds. The minimum atomic E-state index is -0.846. The molecule has 0 unspecified atom stereocenters. The number of rotatable bonds is 4. The Labute approximate surface area is 98.7 Å². The summed E-state index contributed by atoms with van der Waals surface area (Å²) in [6, 6.07) is 1.79. The van der Waals surface area contributed by atoms with Crippen LogP contribution in [0.4, 0.5) is 4.79 Å². The Morgan fingerprint density at radius 3 is 2.87 bits per heavy atom. The van der Waals surface area contributed by atoms with E-state index in [9.17, 15) is 9.59 Å². The highest BCUT2D eigenvalue weighted by Crippen LogP contribution is 2.21. The van der Waals surface area contributed by atoms with Gasteiger partial charge in [-0.25, -0.2) is 4.79 Å². The zero-order valence-electron chi connectivity index (χ0n) is 7.66. The molecular weight excluding hydrogens is 284 g/mol. The van der Waals surface area contributed by atoms with Crippen molar-refractivity contribution in [1.82, 2.24) is 5.32 Å². The maximum atomic E-state index is 11.5. The van der Waals surface area contributed by atoms with Crippen LogP contribution in [0.2, 0.25) is 0 Å². The van der Waals surface area contributed by atoms with Gasteiger partial charge < -0.3 is 15.8 Å². The summed E-state index contributed by atoms with van der Waals surface area (Å²) in [5.74, 6) is -0.204. The molecule has 0 bridgehead atoms. The summed E-state index contributed by atoms with van der Waals surface area (Å²) in [5.41, 5.74) is 4.75. The third-order valence-corrected chi connectivity index (χ3v) is 3.29. The van der Waals surface area contributed by atoms with Crippen molar-refractivity contribution in [2.45, 2.75) is 0 Å². The number of nitrogens with two attached hydrogens (primary N) is 1. The Balaban J connectivity index is 2.31. The number of hydrogen-bond donors (Lipinski definition) is 2. The van der Waals surface area contributed by atoms with Gasteiger partial charge in [-0.15, -0.1) is 11.3 Å². The average molecular weight is 293 g/mol. The van der Waals surface area contributed by atoms with Gasteiger partial charge in [-0.2, -0.15) is 0 Å². The van der Waals surface area contributed by atoms with Crippen LogP contribution >= 0.6 is 27.3 Å². The molecule has 1 aromatic heterocycles. The molecule has 1 heterocycles. The smallest absolute Gasteiger partial charge is 0.404 e. The third kappa shape index (κ3) is 3.88. The maximum Gasteiger partial charge on any atom is 0.404 e. The predicted molar refractivity (Wildman–Crippen MR) is 59.9 cm³/mol. The molecular formula is C8H9BrN2O3S. The molecule has 0 saturated heterocycles. The van der Waals surface area contributed by atoms with E-state index in [1.807, 2.05) is 0 Å². The van der Waals surface area contributed by atoms with Crippen molar-refractivity contribution in [2.75, 3.05) is 13.2 Å². The van der Waals surface area contributed by atoms with Gasteiger partial charge in [0.25, 0.3) is 5.91 Å². The monoisotopic (exact) mass is 292 g/mol. The molecule has 15 heavy (non-hydrogen) atoms. The largest absolute Gasteiger partial charge is 0.448 e. The fourth-order valence-electron chi connectivity index (χ4n) is 0.852. The Morgan fingerprint density at radius 1 is 1.60 bits per heavy atom. The van der Waals surface area contributed by atoms with E-state index < -0.39 is 6.09 Å². The van der Waals surface area contributed by atoms with Crippen molar-refractivity contribution in [1.29, 1.82) is 0 Å². The van der Waals surface area contributed by atoms with E-state index >= 15 is 0 Å². The van der Waals surface area contributed by atoms with Crippen molar-refractivity contribution in [2.24, 2.45) is 5.73 Å². The van der Waals surface area contributed by atoms with Gasteiger partial charge >= 0.3 is 6.09 Å². The number of ether oxygens (including phenoxy) is 1. The first-order valence-corrected chi connectivity index (χ1v) is 5.72. The topological polar surface area (TPSA) is 81.4 Å². The summed E-state index contributed by atoms with van der Waals surface area (Å²) in [6.45, 7) is 0.316. The van der Waals surface area contributed by atoms with Crippen molar-refractivity contribution in [3.8, 4) is 0 Å². The van der Waals surface area contributed by atoms with Crippen LogP contribution in [-0.2, 0) is 4.74 Å². The second kappa shape index (κ2) is 5.72. The van der Waals surface area contributed by atoms with E-state index in [1.54, 1.807) is 11.4 Å². The van der Waals surface area contributed by atoms with E-state index in [2.05, 4.69) is 26.0 Å².